The second kappa shape index (κ2) is 51.9. The second-order valence-electron chi connectivity index (χ2n) is 41.2. The number of carbonyl (C=O) groups is 4. The SMILES string of the molecule is CCC(C)(C)C(=O)OC(C)(C)C12CC3CC(CC(C3)C1)C2.CCC(C)(C)C(=O)OC(C)C(F)(F)S(=O)(=O)[O-].CCC(C)(C)C(=O)Oc1ccc(O)cc1.CCC(C)c1ccc(O)c(O)c1.CCC(C)c1ccc(O)c(O)c1.CCC(C)c1ccc(OC(C)c2ccccc2)c(OC(C)c2ccccc2)c1.CCC1(OC(=O)C(C)(C)CC)CCCC1.c1ccc([S+]2c3ccccc3Oc3ccccc32)cc1. The summed E-state index contributed by atoms with van der Waals surface area (Å²) in [5.41, 5.74) is 3.32. The Balaban J connectivity index is 0.000000221. The van der Waals surface area contributed by atoms with Gasteiger partial charge in [0, 0.05) is 5.41 Å². The molecule has 0 aromatic heterocycles. The van der Waals surface area contributed by atoms with Gasteiger partial charge in [-0.15, -0.1) is 0 Å². The number of esters is 4. The van der Waals surface area contributed by atoms with Crippen LogP contribution in [0.1, 0.15) is 340 Å². The molecule has 23 heteroatoms. The van der Waals surface area contributed by atoms with Crippen LogP contribution in [0.25, 0.3) is 0 Å². The minimum Gasteiger partial charge on any atom is -0.743 e. The summed E-state index contributed by atoms with van der Waals surface area (Å²) in [6.07, 6.45) is 17.1. The standard InChI is InChI=1S/C26H30O2.C19H32O2.C18H13OS.C13H24O2.C12H16O3.2C10H14O2.C9H16F2O5S/c1-5-19(2)24-16-17-25(27-20(3)22-12-8-6-9-13-22)26(18-24)28-21(4)23-14-10-7-11-15-23;1-6-17(2,3)16(20)21-18(4,5)19-10-13-7-14(11-19)9-15(8-13)12-19;1-2-8-14(9-3-1)20-17-12-6-4-10-15(17)19-16-11-5-7-13-18(16)20;1-5-12(3,4)11(14)15-13(6-2)9-7-8-10-13;1-4-12(2,3)11(14)15-10-7-5-9(13)6-8-10;2*1-3-7(2)8-4-5-9(11)10(12)6-8;1-5-8(3,4)7(12)16-6(2)9(10,11)17(13,14)15/h6-21H,5H2,1-4H3;13-15H,6-12H2,1-5H3;1-13H;5-10H2,1-4H3;5-8,13H,4H2,1-3H3;2*4-7,11-12H,3H2,1-2H3;6H,5H2,1-4H3,(H,13,14,15)/q;;+1;;;;;/p-1. The molecule has 0 saturated heterocycles. The number of hydrogen-bond acceptors (Lipinski definition) is 19. The first kappa shape index (κ1) is 116. The van der Waals surface area contributed by atoms with Gasteiger partial charge in [0.1, 0.15) is 45.8 Å². The number of hydrogen-bond donors (Lipinski definition) is 5. The highest BCUT2D eigenvalue weighted by Crippen LogP contribution is 2.65. The van der Waals surface area contributed by atoms with Crippen LogP contribution in [0, 0.1) is 44.8 Å². The van der Waals surface area contributed by atoms with E-state index in [-0.39, 0.29) is 97.2 Å². The Bertz CT molecular complexity index is 5360. The van der Waals surface area contributed by atoms with E-state index in [0.29, 0.717) is 36.8 Å². The lowest BCUT2D eigenvalue weighted by molar-refractivity contribution is -0.206. The molecule has 1 aliphatic heterocycles. The highest BCUT2D eigenvalue weighted by molar-refractivity contribution is 7.97. The van der Waals surface area contributed by atoms with E-state index in [0.717, 1.165) is 121 Å². The largest absolute Gasteiger partial charge is 0.743 e. The minimum atomic E-state index is -5.86. The van der Waals surface area contributed by atoms with Gasteiger partial charge in [-0.3, -0.25) is 19.2 Å². The van der Waals surface area contributed by atoms with Gasteiger partial charge in [-0.2, -0.15) is 8.78 Å². The van der Waals surface area contributed by atoms with Crippen molar-refractivity contribution < 1.29 is 99.6 Å². The van der Waals surface area contributed by atoms with Crippen molar-refractivity contribution >= 4 is 44.9 Å². The molecule has 6 aliphatic rings. The Kier molecular flexibility index (Phi) is 43.1. The maximum absolute atomic E-state index is 13.0. The van der Waals surface area contributed by atoms with Gasteiger partial charge in [0.2, 0.25) is 9.79 Å². The lowest BCUT2D eigenvalue weighted by atomic mass is 9.46. The summed E-state index contributed by atoms with van der Waals surface area (Å²) in [4.78, 5) is 51.5. The van der Waals surface area contributed by atoms with Crippen LogP contribution >= 0.6 is 0 Å². The molecule has 19 nitrogen and oxygen atoms in total. The summed E-state index contributed by atoms with van der Waals surface area (Å²) in [6, 6.07) is 70.3. The van der Waals surface area contributed by atoms with Crippen LogP contribution < -0.4 is 18.9 Å². The average molecular weight is 1970 g/mol. The Morgan fingerprint density at radius 2 is 0.814 bits per heavy atom. The highest BCUT2D eigenvalue weighted by atomic mass is 32.2. The van der Waals surface area contributed by atoms with Crippen LogP contribution in [-0.2, 0) is 54.4 Å². The molecule has 6 unspecified atom stereocenters. The Morgan fingerprint density at radius 3 is 1.21 bits per heavy atom. The van der Waals surface area contributed by atoms with E-state index in [1.807, 2.05) is 134 Å². The predicted octanol–water partition coefficient (Wildman–Crippen LogP) is 30.5. The van der Waals surface area contributed by atoms with Crippen molar-refractivity contribution in [1.82, 2.24) is 0 Å². The number of aromatic hydroxyl groups is 5. The summed E-state index contributed by atoms with van der Waals surface area (Å²) >= 11 is 0. The molecular weight excluding hydrogens is 1810 g/mol. The first-order valence-corrected chi connectivity index (χ1v) is 52.7. The third-order valence-electron chi connectivity index (χ3n) is 29.0. The third-order valence-corrected chi connectivity index (χ3v) is 32.3. The Labute approximate surface area is 836 Å². The topological polar surface area (TPSA) is 291 Å². The zero-order chi connectivity index (χ0) is 104. The number of carbonyl (C=O) groups excluding carboxylic acids is 4. The van der Waals surface area contributed by atoms with Crippen molar-refractivity contribution in [3.8, 4) is 57.5 Å². The lowest BCUT2D eigenvalue weighted by Crippen LogP contribution is -2.58. The minimum absolute atomic E-state index is 0.00857. The molecule has 9 aromatic rings. The number of rotatable bonds is 29. The van der Waals surface area contributed by atoms with Crippen molar-refractivity contribution in [2.75, 3.05) is 0 Å². The number of benzene rings is 9. The molecule has 5 fully saturated rings. The number of alkyl halides is 2. The van der Waals surface area contributed by atoms with E-state index in [9.17, 15) is 51.1 Å². The number of halogens is 2. The molecule has 9 aromatic carbocycles. The Hall–Kier alpha value is -10.6. The van der Waals surface area contributed by atoms with Gasteiger partial charge < -0.3 is 63.2 Å². The van der Waals surface area contributed by atoms with Gasteiger partial charge in [0.15, 0.2) is 67.1 Å². The predicted molar refractivity (Wildman–Crippen MR) is 553 cm³/mol. The molecule has 5 N–H and O–H groups in total. The van der Waals surface area contributed by atoms with Crippen LogP contribution in [0.3, 0.4) is 0 Å². The fourth-order valence-corrected chi connectivity index (χ4v) is 19.7. The molecule has 766 valence electrons. The molecule has 6 atom stereocenters. The van der Waals surface area contributed by atoms with E-state index < -0.39 is 38.3 Å². The third kappa shape index (κ3) is 32.2. The van der Waals surface area contributed by atoms with E-state index >= 15 is 0 Å². The molecular formula is C117H158F2O19S2. The molecule has 5 aliphatic carbocycles. The van der Waals surface area contributed by atoms with Gasteiger partial charge in [-0.1, -0.05) is 197 Å². The molecule has 15 rings (SSSR count). The fourth-order valence-electron chi connectivity index (χ4n) is 17.0. The smallest absolute Gasteiger partial charge is 0.369 e. The van der Waals surface area contributed by atoms with Crippen LogP contribution in [0.5, 0.6) is 57.5 Å². The normalized spacial score (nSPS) is 17.9. The number of ether oxygens (including phenoxy) is 7. The average Bonchev–Trinajstić information content (AvgIpc) is 0.774. The zero-order valence-electron chi connectivity index (χ0n) is 87.2. The van der Waals surface area contributed by atoms with Crippen molar-refractivity contribution in [3.05, 3.63) is 246 Å². The summed E-state index contributed by atoms with van der Waals surface area (Å²) in [7, 11) is -5.94. The van der Waals surface area contributed by atoms with E-state index in [1.54, 1.807) is 31.2 Å². The first-order chi connectivity index (χ1) is 65.7. The van der Waals surface area contributed by atoms with Crippen LogP contribution in [0.15, 0.2) is 233 Å². The maximum Gasteiger partial charge on any atom is 0.369 e. The number of fused-ring (bicyclic) bond motifs is 2. The van der Waals surface area contributed by atoms with Crippen molar-refractivity contribution in [1.29, 1.82) is 0 Å². The quantitative estimate of drug-likeness (QED) is 0.00727. The van der Waals surface area contributed by atoms with Crippen molar-refractivity contribution in [2.45, 2.75) is 349 Å². The molecule has 0 radical (unpaired) electrons. The van der Waals surface area contributed by atoms with Gasteiger partial charge in [-0.05, 0) is 366 Å². The summed E-state index contributed by atoms with van der Waals surface area (Å²) in [5, 5.41) is 40.9. The fraction of sp³-hybridized carbons (Fsp3) is 0.504. The first-order valence-electron chi connectivity index (χ1n) is 50.0. The monoisotopic (exact) mass is 1970 g/mol. The van der Waals surface area contributed by atoms with Gasteiger partial charge >= 0.3 is 29.1 Å². The Morgan fingerprint density at radius 1 is 0.443 bits per heavy atom. The van der Waals surface area contributed by atoms with Crippen LogP contribution in [0.4, 0.5) is 8.78 Å². The second-order valence-corrected chi connectivity index (χ2v) is 44.6. The van der Waals surface area contributed by atoms with Crippen molar-refractivity contribution in [3.63, 3.8) is 0 Å². The molecule has 5 saturated carbocycles. The zero-order valence-corrected chi connectivity index (χ0v) is 88.9. The lowest BCUT2D eigenvalue weighted by Gasteiger charge is -2.61. The summed E-state index contributed by atoms with van der Waals surface area (Å²) in [6.45, 7) is 46.4. The highest BCUT2D eigenvalue weighted by Gasteiger charge is 2.59. The van der Waals surface area contributed by atoms with E-state index in [4.69, 9.17) is 43.7 Å². The summed E-state index contributed by atoms with van der Waals surface area (Å²) in [5.74, 6) is 6.73. The van der Waals surface area contributed by atoms with E-state index in [1.165, 1.54) is 110 Å². The molecule has 0 spiro atoms. The number of para-hydroxylation sites is 2. The maximum atomic E-state index is 13.0. The number of phenols is 5. The van der Waals surface area contributed by atoms with Gasteiger partial charge in [0.25, 0.3) is 0 Å². The molecule has 1 heterocycles. The van der Waals surface area contributed by atoms with Gasteiger partial charge in [-0.25, -0.2) is 8.42 Å². The van der Waals surface area contributed by atoms with Crippen molar-refractivity contribution in [2.24, 2.45) is 44.8 Å². The molecule has 140 heavy (non-hydrogen) atoms. The van der Waals surface area contributed by atoms with Crippen LogP contribution in [-0.4, -0.2) is 84.9 Å². The molecule has 4 bridgehead atoms. The van der Waals surface area contributed by atoms with E-state index in [2.05, 4.69) is 179 Å². The van der Waals surface area contributed by atoms with Gasteiger partial charge in [0.05, 0.1) is 21.7 Å². The van der Waals surface area contributed by atoms with Crippen LogP contribution in [0.2, 0.25) is 0 Å². The molecule has 0 amide bonds. The number of phenolic OH excluding ortho intramolecular Hbond substituents is 5. The summed E-state index contributed by atoms with van der Waals surface area (Å²) < 4.78 is 97.0.